The summed E-state index contributed by atoms with van der Waals surface area (Å²) in [6, 6.07) is 0. The normalized spacial score (nSPS) is 28.7. The second-order valence-corrected chi connectivity index (χ2v) is 4.79. The zero-order valence-electron chi connectivity index (χ0n) is 10.2. The van der Waals surface area contributed by atoms with E-state index >= 15 is 0 Å². The van der Waals surface area contributed by atoms with Crippen molar-refractivity contribution in [2.24, 2.45) is 11.3 Å². The molecule has 0 aliphatic carbocycles. The quantitative estimate of drug-likeness (QED) is 0.828. The van der Waals surface area contributed by atoms with Crippen LogP contribution >= 0.6 is 12.4 Å². The van der Waals surface area contributed by atoms with Gasteiger partial charge in [0.05, 0.1) is 13.2 Å². The largest absolute Gasteiger partial charge is 0.381 e. The topological polar surface area (TPSA) is 30.5 Å². The lowest BCUT2D eigenvalue weighted by Gasteiger charge is -2.46. The lowest BCUT2D eigenvalue weighted by molar-refractivity contribution is -0.0870. The molecule has 2 rings (SSSR count). The van der Waals surface area contributed by atoms with Gasteiger partial charge in [-0.25, -0.2) is 0 Å². The summed E-state index contributed by atoms with van der Waals surface area (Å²) in [4.78, 5) is 0. The van der Waals surface area contributed by atoms with Gasteiger partial charge in [-0.3, -0.25) is 0 Å². The highest BCUT2D eigenvalue weighted by molar-refractivity contribution is 5.85. The van der Waals surface area contributed by atoms with Gasteiger partial charge in [0.15, 0.2) is 0 Å². The minimum atomic E-state index is 0. The predicted molar refractivity (Wildman–Crippen MR) is 67.2 cm³/mol. The highest BCUT2D eigenvalue weighted by Gasteiger charge is 2.41. The number of ether oxygens (including phenoxy) is 2. The van der Waals surface area contributed by atoms with Crippen LogP contribution in [0.25, 0.3) is 0 Å². The fraction of sp³-hybridized carbons (Fsp3) is 1.00. The molecule has 0 aromatic rings. The smallest absolute Gasteiger partial charge is 0.0521 e. The molecule has 1 N–H and O–H groups in total. The van der Waals surface area contributed by atoms with E-state index in [0.29, 0.717) is 11.3 Å². The van der Waals surface area contributed by atoms with Gasteiger partial charge in [-0.05, 0) is 44.7 Å². The zero-order chi connectivity index (χ0) is 10.6. The molecule has 1 unspecified atom stereocenters. The Balaban J connectivity index is 0.00000128. The first-order valence-corrected chi connectivity index (χ1v) is 6.23. The van der Waals surface area contributed by atoms with Crippen molar-refractivity contribution < 1.29 is 9.47 Å². The number of halogens is 1. The van der Waals surface area contributed by atoms with Crippen molar-refractivity contribution in [2.45, 2.75) is 26.2 Å². The van der Waals surface area contributed by atoms with Gasteiger partial charge in [-0.2, -0.15) is 0 Å². The minimum Gasteiger partial charge on any atom is -0.381 e. The average molecular weight is 250 g/mol. The lowest BCUT2D eigenvalue weighted by Crippen LogP contribution is -2.48. The van der Waals surface area contributed by atoms with E-state index in [4.69, 9.17) is 9.47 Å². The van der Waals surface area contributed by atoms with E-state index < -0.39 is 0 Å². The van der Waals surface area contributed by atoms with E-state index in [1.807, 2.05) is 0 Å². The van der Waals surface area contributed by atoms with Crippen molar-refractivity contribution >= 4 is 12.4 Å². The van der Waals surface area contributed by atoms with Gasteiger partial charge in [0.25, 0.3) is 0 Å². The van der Waals surface area contributed by atoms with Crippen LogP contribution in [0.4, 0.5) is 0 Å². The van der Waals surface area contributed by atoms with Crippen molar-refractivity contribution in [1.29, 1.82) is 0 Å². The van der Waals surface area contributed by atoms with Gasteiger partial charge in [0.2, 0.25) is 0 Å². The van der Waals surface area contributed by atoms with Crippen LogP contribution in [-0.2, 0) is 9.47 Å². The number of piperidine rings is 1. The molecule has 1 spiro atoms. The van der Waals surface area contributed by atoms with Gasteiger partial charge in [-0.15, -0.1) is 12.4 Å². The first kappa shape index (κ1) is 14.2. The van der Waals surface area contributed by atoms with Gasteiger partial charge >= 0.3 is 0 Å². The molecule has 0 aromatic carbocycles. The van der Waals surface area contributed by atoms with Crippen LogP contribution in [0.5, 0.6) is 0 Å². The molecule has 0 aromatic heterocycles. The Bertz CT molecular complexity index is 187. The summed E-state index contributed by atoms with van der Waals surface area (Å²) in [6.45, 7) is 7.97. The van der Waals surface area contributed by atoms with Crippen molar-refractivity contribution in [3.63, 3.8) is 0 Å². The molecule has 96 valence electrons. The van der Waals surface area contributed by atoms with Crippen LogP contribution in [0.15, 0.2) is 0 Å². The Hall–Kier alpha value is 0.170. The maximum absolute atomic E-state index is 5.61. The second-order valence-electron chi connectivity index (χ2n) is 4.79. The molecule has 2 fully saturated rings. The van der Waals surface area contributed by atoms with Crippen molar-refractivity contribution in [1.82, 2.24) is 5.32 Å². The van der Waals surface area contributed by atoms with Crippen LogP contribution in [0.3, 0.4) is 0 Å². The third-order valence-electron chi connectivity index (χ3n) is 4.05. The van der Waals surface area contributed by atoms with Crippen LogP contribution < -0.4 is 5.32 Å². The van der Waals surface area contributed by atoms with Crippen molar-refractivity contribution in [3.05, 3.63) is 0 Å². The maximum atomic E-state index is 5.61. The summed E-state index contributed by atoms with van der Waals surface area (Å²) in [5.41, 5.74) is 0.513. The Labute approximate surface area is 105 Å². The van der Waals surface area contributed by atoms with Gasteiger partial charge in [0.1, 0.15) is 0 Å². The van der Waals surface area contributed by atoms with E-state index in [1.165, 1.54) is 32.4 Å². The van der Waals surface area contributed by atoms with E-state index in [-0.39, 0.29) is 12.4 Å². The average Bonchev–Trinajstić information content (AvgIpc) is 2.29. The molecule has 16 heavy (non-hydrogen) atoms. The molecular weight excluding hydrogens is 226 g/mol. The number of rotatable bonds is 3. The first-order valence-electron chi connectivity index (χ1n) is 6.23. The van der Waals surface area contributed by atoms with Crippen molar-refractivity contribution in [2.75, 3.05) is 39.5 Å². The lowest BCUT2D eigenvalue weighted by atomic mass is 9.66. The van der Waals surface area contributed by atoms with Gasteiger partial charge in [0, 0.05) is 19.1 Å². The molecule has 0 radical (unpaired) electrons. The molecule has 3 nitrogen and oxygen atoms in total. The molecule has 2 aliphatic rings. The van der Waals surface area contributed by atoms with Gasteiger partial charge in [-0.1, -0.05) is 0 Å². The number of hydrogen-bond acceptors (Lipinski definition) is 3. The first-order chi connectivity index (χ1) is 7.37. The van der Waals surface area contributed by atoms with Crippen LogP contribution in [0.1, 0.15) is 26.2 Å². The van der Waals surface area contributed by atoms with E-state index in [0.717, 1.165) is 26.4 Å². The highest BCUT2D eigenvalue weighted by atomic mass is 35.5. The Kier molecular flexibility index (Phi) is 6.05. The monoisotopic (exact) mass is 249 g/mol. The van der Waals surface area contributed by atoms with Crippen LogP contribution in [0.2, 0.25) is 0 Å². The fourth-order valence-electron chi connectivity index (χ4n) is 2.95. The Morgan fingerprint density at radius 1 is 1.31 bits per heavy atom. The molecule has 0 amide bonds. The van der Waals surface area contributed by atoms with Crippen LogP contribution in [-0.4, -0.2) is 39.5 Å². The van der Waals surface area contributed by atoms with E-state index in [2.05, 4.69) is 12.2 Å². The summed E-state index contributed by atoms with van der Waals surface area (Å²) in [5.74, 6) is 0.619. The molecule has 2 aliphatic heterocycles. The van der Waals surface area contributed by atoms with Crippen molar-refractivity contribution in [3.8, 4) is 0 Å². The summed E-state index contributed by atoms with van der Waals surface area (Å²) in [7, 11) is 0. The van der Waals surface area contributed by atoms with Crippen LogP contribution in [0, 0.1) is 11.3 Å². The SMILES string of the molecule is CCOCC1COCCC12CCNCC2.Cl. The Morgan fingerprint density at radius 3 is 2.75 bits per heavy atom. The molecule has 0 bridgehead atoms. The summed E-state index contributed by atoms with van der Waals surface area (Å²) >= 11 is 0. The number of nitrogens with one attached hydrogen (secondary N) is 1. The zero-order valence-corrected chi connectivity index (χ0v) is 11.0. The summed E-state index contributed by atoms with van der Waals surface area (Å²) in [5, 5.41) is 3.45. The molecular formula is C12H24ClNO2. The molecule has 0 saturated carbocycles. The summed E-state index contributed by atoms with van der Waals surface area (Å²) in [6.07, 6.45) is 3.83. The third kappa shape index (κ3) is 3.10. The van der Waals surface area contributed by atoms with Gasteiger partial charge < -0.3 is 14.8 Å². The maximum Gasteiger partial charge on any atom is 0.0521 e. The predicted octanol–water partition coefficient (Wildman–Crippen LogP) is 1.85. The highest BCUT2D eigenvalue weighted by Crippen LogP contribution is 2.43. The molecule has 1 atom stereocenters. The third-order valence-corrected chi connectivity index (χ3v) is 4.05. The molecule has 2 heterocycles. The standard InChI is InChI=1S/C12H23NO2.ClH/c1-2-14-9-11-10-15-8-5-12(11)3-6-13-7-4-12;/h11,13H,2-10H2,1H3;1H. The Morgan fingerprint density at radius 2 is 2.06 bits per heavy atom. The van der Waals surface area contributed by atoms with E-state index in [1.54, 1.807) is 0 Å². The minimum absolute atomic E-state index is 0. The fourth-order valence-corrected chi connectivity index (χ4v) is 2.95. The summed E-state index contributed by atoms with van der Waals surface area (Å²) < 4.78 is 11.2. The molecule has 2 saturated heterocycles. The van der Waals surface area contributed by atoms with E-state index in [9.17, 15) is 0 Å². The number of hydrogen-bond donors (Lipinski definition) is 1. The molecule has 4 heteroatoms. The second kappa shape index (κ2) is 6.80.